The number of amides is 1. The van der Waals surface area contributed by atoms with Gasteiger partial charge < -0.3 is 10.1 Å². The Morgan fingerprint density at radius 1 is 1.30 bits per heavy atom. The number of carbonyl (C=O) groups is 1. The number of hydrogen-bond acceptors (Lipinski definition) is 4. The number of nitro benzene ring substituents is 1. The van der Waals surface area contributed by atoms with Crippen LogP contribution in [0.3, 0.4) is 0 Å². The maximum Gasteiger partial charge on any atom is 0.318 e. The molecule has 0 aliphatic heterocycles. The quantitative estimate of drug-likeness (QED) is 0.641. The molecule has 0 bridgehead atoms. The number of nitrogens with zero attached hydrogens (tertiary/aromatic N) is 1. The lowest BCUT2D eigenvalue weighted by molar-refractivity contribution is -0.384. The summed E-state index contributed by atoms with van der Waals surface area (Å²) in [7, 11) is 0. The number of carbonyl (C=O) groups excluding carboxylic acids is 1. The van der Waals surface area contributed by atoms with Gasteiger partial charge in [0.2, 0.25) is 5.91 Å². The molecular formula is C17H20N2O4. The van der Waals surface area contributed by atoms with Crippen LogP contribution >= 0.6 is 0 Å². The Bertz CT molecular complexity index is 741. The highest BCUT2D eigenvalue weighted by molar-refractivity contribution is 5.98. The van der Waals surface area contributed by atoms with Crippen molar-refractivity contribution in [1.29, 1.82) is 0 Å². The Kier molecular flexibility index (Phi) is 5.16. The maximum absolute atomic E-state index is 11.5. The van der Waals surface area contributed by atoms with E-state index in [4.69, 9.17) is 4.74 Å². The topological polar surface area (TPSA) is 81.5 Å². The molecule has 1 N–H and O–H groups in total. The van der Waals surface area contributed by atoms with Gasteiger partial charge in [-0.1, -0.05) is 19.9 Å². The molecule has 0 unspecified atom stereocenters. The molecule has 0 aromatic heterocycles. The molecule has 23 heavy (non-hydrogen) atoms. The van der Waals surface area contributed by atoms with E-state index in [0.717, 1.165) is 6.42 Å². The minimum atomic E-state index is -0.425. The molecule has 0 atom stereocenters. The van der Waals surface area contributed by atoms with Gasteiger partial charge in [-0.3, -0.25) is 14.9 Å². The number of benzene rings is 2. The summed E-state index contributed by atoms with van der Waals surface area (Å²) < 4.78 is 5.60. The molecular weight excluding hydrogens is 296 g/mol. The Morgan fingerprint density at radius 3 is 2.65 bits per heavy atom. The van der Waals surface area contributed by atoms with Crippen LogP contribution in [0.1, 0.15) is 27.2 Å². The van der Waals surface area contributed by atoms with Gasteiger partial charge in [-0.2, -0.15) is 0 Å². The Labute approximate surface area is 134 Å². The molecule has 0 fully saturated rings. The van der Waals surface area contributed by atoms with Crippen molar-refractivity contribution in [2.24, 2.45) is 5.92 Å². The summed E-state index contributed by atoms with van der Waals surface area (Å²) in [5.74, 6) is 0.553. The molecule has 2 aromatic rings. The lowest BCUT2D eigenvalue weighted by atomic mass is 10.1. The molecule has 0 radical (unpaired) electrons. The average Bonchev–Trinajstić information content (AvgIpc) is 2.45. The zero-order chi connectivity index (χ0) is 17.0. The fraction of sp³-hybridized carbons (Fsp3) is 0.353. The molecule has 0 heterocycles. The highest BCUT2D eigenvalue weighted by Gasteiger charge is 2.20. The molecule has 2 rings (SSSR count). The zero-order valence-electron chi connectivity index (χ0n) is 13.5. The number of ether oxygens (including phenoxy) is 1. The Hall–Kier alpha value is -2.63. The first-order chi connectivity index (χ1) is 10.9. The van der Waals surface area contributed by atoms with Crippen LogP contribution in [0.5, 0.6) is 5.75 Å². The molecule has 0 saturated carbocycles. The Balaban J connectivity index is 2.40. The van der Waals surface area contributed by atoms with Gasteiger partial charge in [-0.15, -0.1) is 0 Å². The minimum Gasteiger partial charge on any atom is -0.487 e. The standard InChI is InChI=1S/C17H20N2O4/c1-11(2)8-9-23-16-7-4-13-10-14(18-12(3)20)5-6-15(13)17(16)19(21)22/h4-7,10-11H,8-9H2,1-3H3,(H,18,20). The number of hydrogen-bond donors (Lipinski definition) is 1. The summed E-state index contributed by atoms with van der Waals surface area (Å²) in [5.41, 5.74) is 0.563. The van der Waals surface area contributed by atoms with Crippen LogP contribution < -0.4 is 10.1 Å². The summed E-state index contributed by atoms with van der Waals surface area (Å²) in [6.07, 6.45) is 0.830. The zero-order valence-corrected chi connectivity index (χ0v) is 13.5. The van der Waals surface area contributed by atoms with E-state index in [1.165, 1.54) is 6.92 Å². The van der Waals surface area contributed by atoms with E-state index in [9.17, 15) is 14.9 Å². The second-order valence-corrected chi connectivity index (χ2v) is 5.82. The average molecular weight is 316 g/mol. The van der Waals surface area contributed by atoms with Crippen molar-refractivity contribution >= 4 is 28.1 Å². The maximum atomic E-state index is 11.5. The predicted octanol–water partition coefficient (Wildman–Crippen LogP) is 4.13. The van der Waals surface area contributed by atoms with Crippen molar-refractivity contribution in [3.05, 3.63) is 40.4 Å². The lowest BCUT2D eigenvalue weighted by Crippen LogP contribution is -2.06. The SMILES string of the molecule is CC(=O)Nc1ccc2c([N+](=O)[O-])c(OCCC(C)C)ccc2c1. The number of rotatable bonds is 6. The molecule has 0 aliphatic carbocycles. The smallest absolute Gasteiger partial charge is 0.318 e. The fourth-order valence-corrected chi connectivity index (χ4v) is 2.28. The van der Waals surface area contributed by atoms with E-state index in [1.807, 2.05) is 0 Å². The second kappa shape index (κ2) is 7.09. The van der Waals surface area contributed by atoms with Crippen LogP contribution in [-0.2, 0) is 4.79 Å². The summed E-state index contributed by atoms with van der Waals surface area (Å²) in [6.45, 7) is 6.00. The van der Waals surface area contributed by atoms with Crippen molar-refractivity contribution in [3.63, 3.8) is 0 Å². The van der Waals surface area contributed by atoms with Gasteiger partial charge in [0.15, 0.2) is 5.75 Å². The van der Waals surface area contributed by atoms with E-state index in [1.54, 1.807) is 30.3 Å². The van der Waals surface area contributed by atoms with Crippen LogP contribution in [0.2, 0.25) is 0 Å². The third kappa shape index (κ3) is 4.18. The third-order valence-electron chi connectivity index (χ3n) is 3.41. The van der Waals surface area contributed by atoms with Crippen LogP contribution in [0, 0.1) is 16.0 Å². The van der Waals surface area contributed by atoms with E-state index in [2.05, 4.69) is 19.2 Å². The number of nitro groups is 1. The summed E-state index contributed by atoms with van der Waals surface area (Å²) in [4.78, 5) is 22.1. The van der Waals surface area contributed by atoms with Crippen LogP contribution in [0.25, 0.3) is 10.8 Å². The van der Waals surface area contributed by atoms with E-state index in [0.29, 0.717) is 29.0 Å². The first-order valence-corrected chi connectivity index (χ1v) is 7.50. The monoisotopic (exact) mass is 316 g/mol. The molecule has 0 aliphatic rings. The number of nitrogens with one attached hydrogen (secondary N) is 1. The summed E-state index contributed by atoms with van der Waals surface area (Å²) in [5, 5.41) is 15.3. The van der Waals surface area contributed by atoms with Gasteiger partial charge in [0.1, 0.15) is 0 Å². The molecule has 122 valence electrons. The van der Waals surface area contributed by atoms with Gasteiger partial charge in [0.05, 0.1) is 16.9 Å². The van der Waals surface area contributed by atoms with Crippen LogP contribution in [-0.4, -0.2) is 17.4 Å². The third-order valence-corrected chi connectivity index (χ3v) is 3.41. The normalized spacial score (nSPS) is 10.8. The summed E-state index contributed by atoms with van der Waals surface area (Å²) in [6, 6.07) is 8.36. The summed E-state index contributed by atoms with van der Waals surface area (Å²) >= 11 is 0. The van der Waals surface area contributed by atoms with Crippen molar-refractivity contribution < 1.29 is 14.5 Å². The molecule has 6 nitrogen and oxygen atoms in total. The van der Waals surface area contributed by atoms with Gasteiger partial charge in [-0.05, 0) is 42.0 Å². The van der Waals surface area contributed by atoms with Crippen molar-refractivity contribution in [1.82, 2.24) is 0 Å². The van der Waals surface area contributed by atoms with Gasteiger partial charge in [-0.25, -0.2) is 0 Å². The van der Waals surface area contributed by atoms with Crippen LogP contribution in [0.4, 0.5) is 11.4 Å². The molecule has 0 saturated heterocycles. The fourth-order valence-electron chi connectivity index (χ4n) is 2.28. The van der Waals surface area contributed by atoms with Crippen molar-refractivity contribution in [3.8, 4) is 5.75 Å². The largest absolute Gasteiger partial charge is 0.487 e. The van der Waals surface area contributed by atoms with E-state index >= 15 is 0 Å². The lowest BCUT2D eigenvalue weighted by Gasteiger charge is -2.11. The van der Waals surface area contributed by atoms with Gasteiger partial charge in [0, 0.05) is 12.6 Å². The molecule has 1 amide bonds. The molecule has 0 spiro atoms. The molecule has 6 heteroatoms. The number of fused-ring (bicyclic) bond motifs is 1. The van der Waals surface area contributed by atoms with Gasteiger partial charge >= 0.3 is 5.69 Å². The highest BCUT2D eigenvalue weighted by Crippen LogP contribution is 2.36. The van der Waals surface area contributed by atoms with E-state index < -0.39 is 4.92 Å². The van der Waals surface area contributed by atoms with Crippen molar-refractivity contribution in [2.45, 2.75) is 27.2 Å². The first-order valence-electron chi connectivity index (χ1n) is 7.50. The Morgan fingerprint density at radius 2 is 2.04 bits per heavy atom. The van der Waals surface area contributed by atoms with Crippen LogP contribution in [0.15, 0.2) is 30.3 Å². The number of anilines is 1. The van der Waals surface area contributed by atoms with Gasteiger partial charge in [0.25, 0.3) is 0 Å². The highest BCUT2D eigenvalue weighted by atomic mass is 16.6. The minimum absolute atomic E-state index is 0.0411. The second-order valence-electron chi connectivity index (χ2n) is 5.82. The van der Waals surface area contributed by atoms with Crippen molar-refractivity contribution in [2.75, 3.05) is 11.9 Å². The molecule has 2 aromatic carbocycles. The first kappa shape index (κ1) is 16.7. The predicted molar refractivity (Wildman–Crippen MR) is 89.9 cm³/mol. The van der Waals surface area contributed by atoms with E-state index in [-0.39, 0.29) is 17.3 Å².